The number of H-pyrrole nitrogens is 1. The lowest BCUT2D eigenvalue weighted by molar-refractivity contribution is -0.114. The summed E-state index contributed by atoms with van der Waals surface area (Å²) >= 11 is 0. The maximum absolute atomic E-state index is 11.1. The molecule has 0 saturated carbocycles. The number of methoxy groups -OCH3 is 2. The molecule has 0 aliphatic carbocycles. The van der Waals surface area contributed by atoms with Crippen molar-refractivity contribution in [2.45, 2.75) is 20.3 Å². The smallest absolute Gasteiger partial charge is 0.221 e. The highest BCUT2D eigenvalue weighted by Gasteiger charge is 2.18. The van der Waals surface area contributed by atoms with E-state index in [-0.39, 0.29) is 11.8 Å². The zero-order valence-electron chi connectivity index (χ0n) is 16.3. The third-order valence-electron chi connectivity index (χ3n) is 4.36. The normalized spacial score (nSPS) is 11.5. The number of nitrogens with one attached hydrogen (secondary N) is 2. The summed E-state index contributed by atoms with van der Waals surface area (Å²) < 4.78 is 10.7. The molecule has 0 fully saturated rings. The van der Waals surface area contributed by atoms with Crippen molar-refractivity contribution in [2.24, 2.45) is 4.99 Å². The lowest BCUT2D eigenvalue weighted by Crippen LogP contribution is -2.05. The number of anilines is 1. The number of fused-ring (bicyclic) bond motifs is 1. The molecule has 0 unspecified atom stereocenters. The van der Waals surface area contributed by atoms with Gasteiger partial charge in [0.1, 0.15) is 0 Å². The monoisotopic (exact) mass is 381 g/mol. The molecular weight excluding hydrogens is 358 g/mol. The lowest BCUT2D eigenvalue weighted by Gasteiger charge is -2.09. The van der Waals surface area contributed by atoms with Crippen LogP contribution in [0.4, 0.5) is 11.4 Å². The standard InChI is InChI=1S/C21H23N3O4/c1-5-16(23-14-8-6-13(7-9-14)22-12(2)25)20-15-10-18(27-3)19(28-4)11-17(15)24-21(20)26/h6-11,24,26H,5H2,1-4H3,(H,22,25). The van der Waals surface area contributed by atoms with Gasteiger partial charge in [-0.1, -0.05) is 6.92 Å². The zero-order chi connectivity index (χ0) is 20.3. The molecule has 1 aromatic heterocycles. The highest BCUT2D eigenvalue weighted by molar-refractivity contribution is 6.14. The van der Waals surface area contributed by atoms with Crippen molar-refractivity contribution >= 4 is 33.9 Å². The Morgan fingerprint density at radius 1 is 1.14 bits per heavy atom. The Morgan fingerprint density at radius 3 is 2.36 bits per heavy atom. The van der Waals surface area contributed by atoms with Crippen molar-refractivity contribution in [3.05, 3.63) is 42.0 Å². The Kier molecular flexibility index (Phi) is 5.54. The number of rotatable bonds is 6. The molecule has 1 heterocycles. The minimum absolute atomic E-state index is 0.0424. The minimum atomic E-state index is -0.126. The predicted molar refractivity (Wildman–Crippen MR) is 110 cm³/mol. The number of amides is 1. The van der Waals surface area contributed by atoms with Gasteiger partial charge in [-0.15, -0.1) is 0 Å². The van der Waals surface area contributed by atoms with Gasteiger partial charge in [0.05, 0.1) is 36.7 Å². The van der Waals surface area contributed by atoms with E-state index in [1.807, 2.05) is 25.1 Å². The van der Waals surface area contributed by atoms with E-state index >= 15 is 0 Å². The van der Waals surface area contributed by atoms with Crippen molar-refractivity contribution in [1.82, 2.24) is 4.98 Å². The summed E-state index contributed by atoms with van der Waals surface area (Å²) in [5.74, 6) is 1.07. The average molecular weight is 381 g/mol. The van der Waals surface area contributed by atoms with E-state index in [4.69, 9.17) is 14.5 Å². The minimum Gasteiger partial charge on any atom is -0.494 e. The van der Waals surface area contributed by atoms with Crippen LogP contribution in [0.3, 0.4) is 0 Å². The van der Waals surface area contributed by atoms with Gasteiger partial charge in [0.25, 0.3) is 0 Å². The third-order valence-corrected chi connectivity index (χ3v) is 4.36. The Bertz CT molecular complexity index is 1040. The van der Waals surface area contributed by atoms with Crippen molar-refractivity contribution in [1.29, 1.82) is 0 Å². The fourth-order valence-corrected chi connectivity index (χ4v) is 3.09. The van der Waals surface area contributed by atoms with Gasteiger partial charge < -0.3 is 24.9 Å². The third kappa shape index (κ3) is 3.78. The second-order valence-corrected chi connectivity index (χ2v) is 6.24. The number of hydrogen-bond donors (Lipinski definition) is 3. The molecule has 0 aliphatic rings. The molecular formula is C21H23N3O4. The van der Waals surface area contributed by atoms with Crippen LogP contribution in [0, 0.1) is 0 Å². The number of aliphatic imine (C=N–C) groups is 1. The van der Waals surface area contributed by atoms with Gasteiger partial charge in [-0.3, -0.25) is 9.79 Å². The van der Waals surface area contributed by atoms with Gasteiger partial charge >= 0.3 is 0 Å². The number of aromatic amines is 1. The molecule has 0 saturated heterocycles. The van der Waals surface area contributed by atoms with E-state index in [0.717, 1.165) is 22.3 Å². The van der Waals surface area contributed by atoms with Crippen molar-refractivity contribution in [3.8, 4) is 17.4 Å². The van der Waals surface area contributed by atoms with E-state index in [1.165, 1.54) is 6.92 Å². The Hall–Kier alpha value is -3.48. The van der Waals surface area contributed by atoms with Crippen LogP contribution in [0.15, 0.2) is 41.4 Å². The average Bonchev–Trinajstić information content (AvgIpc) is 3.00. The van der Waals surface area contributed by atoms with Crippen molar-refractivity contribution in [2.75, 3.05) is 19.5 Å². The van der Waals surface area contributed by atoms with E-state index in [0.29, 0.717) is 29.2 Å². The molecule has 28 heavy (non-hydrogen) atoms. The maximum atomic E-state index is 11.1. The molecule has 7 heteroatoms. The molecule has 0 aliphatic heterocycles. The Labute approximate surface area is 163 Å². The van der Waals surface area contributed by atoms with Crippen molar-refractivity contribution < 1.29 is 19.4 Å². The lowest BCUT2D eigenvalue weighted by atomic mass is 10.1. The second kappa shape index (κ2) is 8.04. The van der Waals surface area contributed by atoms with Gasteiger partial charge in [0.15, 0.2) is 17.4 Å². The second-order valence-electron chi connectivity index (χ2n) is 6.24. The molecule has 0 atom stereocenters. The fraction of sp³-hybridized carbons (Fsp3) is 0.238. The first-order chi connectivity index (χ1) is 13.5. The van der Waals surface area contributed by atoms with Crippen LogP contribution in [0.1, 0.15) is 25.8 Å². The van der Waals surface area contributed by atoms with Gasteiger partial charge in [-0.2, -0.15) is 0 Å². The molecule has 2 aromatic carbocycles. The van der Waals surface area contributed by atoms with Crippen LogP contribution in [-0.2, 0) is 4.79 Å². The molecule has 3 N–H and O–H groups in total. The van der Waals surface area contributed by atoms with Crippen molar-refractivity contribution in [3.63, 3.8) is 0 Å². The van der Waals surface area contributed by atoms with E-state index in [9.17, 15) is 9.90 Å². The highest BCUT2D eigenvalue weighted by Crippen LogP contribution is 2.37. The Morgan fingerprint density at radius 2 is 1.79 bits per heavy atom. The summed E-state index contributed by atoms with van der Waals surface area (Å²) in [5, 5.41) is 14.0. The van der Waals surface area contributed by atoms with E-state index in [2.05, 4.69) is 10.3 Å². The molecule has 3 rings (SSSR count). The van der Waals surface area contributed by atoms with Gasteiger partial charge in [-0.05, 0) is 36.8 Å². The highest BCUT2D eigenvalue weighted by atomic mass is 16.5. The maximum Gasteiger partial charge on any atom is 0.221 e. The predicted octanol–water partition coefficient (Wildman–Crippen LogP) is 4.38. The number of aromatic hydroxyl groups is 1. The number of ether oxygens (including phenoxy) is 2. The molecule has 1 amide bonds. The number of aromatic nitrogens is 1. The number of benzene rings is 2. The van der Waals surface area contributed by atoms with Gasteiger partial charge in [0, 0.05) is 24.1 Å². The van der Waals surface area contributed by atoms with Crippen LogP contribution < -0.4 is 14.8 Å². The first kappa shape index (κ1) is 19.3. The van der Waals surface area contributed by atoms with Crippen LogP contribution in [0.5, 0.6) is 17.4 Å². The fourth-order valence-electron chi connectivity index (χ4n) is 3.09. The van der Waals surface area contributed by atoms with Crippen LogP contribution in [0.25, 0.3) is 10.9 Å². The zero-order valence-corrected chi connectivity index (χ0v) is 16.3. The van der Waals surface area contributed by atoms with Gasteiger partial charge in [-0.25, -0.2) is 0 Å². The number of carbonyl (C=O) groups is 1. The summed E-state index contributed by atoms with van der Waals surface area (Å²) in [6.07, 6.45) is 0.613. The summed E-state index contributed by atoms with van der Waals surface area (Å²) in [5.41, 5.74) is 3.51. The molecule has 0 radical (unpaired) electrons. The summed E-state index contributed by atoms with van der Waals surface area (Å²) in [4.78, 5) is 18.8. The number of hydrogen-bond acceptors (Lipinski definition) is 5. The topological polar surface area (TPSA) is 95.9 Å². The van der Waals surface area contributed by atoms with Crippen LogP contribution >= 0.6 is 0 Å². The molecule has 146 valence electrons. The SMILES string of the molecule is CCC(=Nc1ccc(NC(C)=O)cc1)c1c(O)[nH]c2cc(OC)c(OC)cc12. The van der Waals surface area contributed by atoms with Gasteiger partial charge in [0.2, 0.25) is 5.91 Å². The Balaban J connectivity index is 2.06. The molecule has 0 spiro atoms. The van der Waals surface area contributed by atoms with Crippen LogP contribution in [0.2, 0.25) is 0 Å². The molecule has 3 aromatic rings. The van der Waals surface area contributed by atoms with E-state index < -0.39 is 0 Å². The summed E-state index contributed by atoms with van der Waals surface area (Å²) in [6.45, 7) is 3.44. The number of nitrogens with zero attached hydrogens (tertiary/aromatic N) is 1. The van der Waals surface area contributed by atoms with E-state index in [1.54, 1.807) is 32.4 Å². The summed E-state index contributed by atoms with van der Waals surface area (Å²) in [6, 6.07) is 10.8. The quantitative estimate of drug-likeness (QED) is 0.552. The van der Waals surface area contributed by atoms with Crippen LogP contribution in [-0.4, -0.2) is 35.9 Å². The molecule has 0 bridgehead atoms. The largest absolute Gasteiger partial charge is 0.494 e. The number of carbonyl (C=O) groups excluding carboxylic acids is 1. The molecule has 7 nitrogen and oxygen atoms in total. The first-order valence-corrected chi connectivity index (χ1v) is 8.89. The first-order valence-electron chi connectivity index (χ1n) is 8.89. The summed E-state index contributed by atoms with van der Waals surface area (Å²) in [7, 11) is 3.14.